The number of rotatable bonds is 5. The summed E-state index contributed by atoms with van der Waals surface area (Å²) in [5.41, 5.74) is 6.24. The molecule has 0 spiro atoms. The highest BCUT2D eigenvalue weighted by Crippen LogP contribution is 2.14. The van der Waals surface area contributed by atoms with E-state index in [4.69, 9.17) is 5.73 Å². The smallest absolute Gasteiger partial charge is 0.0862 e. The number of β-amino-alcohol motifs (C(OH)–C–C–N with tert-alkyl or cyclic N) is 1. The van der Waals surface area contributed by atoms with Crippen LogP contribution in [0.1, 0.15) is 12.8 Å². The Bertz CT molecular complexity index is 384. The number of nitrogen functional groups attached to an aromatic ring is 1. The summed E-state index contributed by atoms with van der Waals surface area (Å²) >= 11 is 0. The van der Waals surface area contributed by atoms with Gasteiger partial charge in [0.1, 0.15) is 0 Å². The van der Waals surface area contributed by atoms with Crippen molar-refractivity contribution in [2.45, 2.75) is 31.5 Å². The Balaban J connectivity index is 1.73. The number of likely N-dealkylation sites (tertiary alicyclic amines) is 1. The molecule has 1 aliphatic heterocycles. The lowest BCUT2D eigenvalue weighted by atomic mass is 10.0. The standard InChI is InChI=1S/C13H25N5O/c1-16(2)12-3-5-17(6-4-12)9-13(19)10-18-8-11(14)7-15-18/h7-8,12-13,19H,3-6,9-10,14H2,1-2H3. The van der Waals surface area contributed by atoms with E-state index in [-0.39, 0.29) is 0 Å². The van der Waals surface area contributed by atoms with E-state index in [0.29, 0.717) is 24.8 Å². The Hall–Kier alpha value is -1.11. The van der Waals surface area contributed by atoms with Gasteiger partial charge in [-0.05, 0) is 40.0 Å². The van der Waals surface area contributed by atoms with Crippen molar-refractivity contribution in [3.63, 3.8) is 0 Å². The molecule has 6 heteroatoms. The van der Waals surface area contributed by atoms with Gasteiger partial charge in [0.25, 0.3) is 0 Å². The lowest BCUT2D eigenvalue weighted by molar-refractivity contribution is 0.0687. The number of anilines is 1. The molecule has 0 radical (unpaired) electrons. The normalized spacial score (nSPS) is 20.0. The van der Waals surface area contributed by atoms with Crippen LogP contribution in [0.25, 0.3) is 0 Å². The monoisotopic (exact) mass is 267 g/mol. The third-order valence-electron chi connectivity index (χ3n) is 3.81. The van der Waals surface area contributed by atoms with E-state index in [1.807, 2.05) is 0 Å². The van der Waals surface area contributed by atoms with Gasteiger partial charge in [-0.1, -0.05) is 0 Å². The Morgan fingerprint density at radius 1 is 1.42 bits per heavy atom. The van der Waals surface area contributed by atoms with Crippen molar-refractivity contribution in [1.82, 2.24) is 19.6 Å². The number of hydrogen-bond acceptors (Lipinski definition) is 5. The molecule has 1 aromatic rings. The molecule has 1 atom stereocenters. The molecule has 0 saturated carbocycles. The zero-order chi connectivity index (χ0) is 13.8. The minimum atomic E-state index is -0.393. The fraction of sp³-hybridized carbons (Fsp3) is 0.769. The van der Waals surface area contributed by atoms with Crippen LogP contribution >= 0.6 is 0 Å². The third kappa shape index (κ3) is 4.19. The molecule has 1 fully saturated rings. The Morgan fingerprint density at radius 3 is 2.63 bits per heavy atom. The van der Waals surface area contributed by atoms with E-state index in [9.17, 15) is 5.11 Å². The van der Waals surface area contributed by atoms with Crippen LogP contribution in [0.3, 0.4) is 0 Å². The molecule has 6 nitrogen and oxygen atoms in total. The summed E-state index contributed by atoms with van der Waals surface area (Å²) in [6, 6.07) is 0.680. The van der Waals surface area contributed by atoms with Crippen molar-refractivity contribution >= 4 is 5.69 Å². The molecular weight excluding hydrogens is 242 g/mol. The van der Waals surface area contributed by atoms with Crippen LogP contribution < -0.4 is 5.73 Å². The van der Waals surface area contributed by atoms with Crippen molar-refractivity contribution in [1.29, 1.82) is 0 Å². The first-order valence-corrected chi connectivity index (χ1v) is 6.89. The van der Waals surface area contributed by atoms with Gasteiger partial charge in [0.15, 0.2) is 0 Å². The minimum absolute atomic E-state index is 0.393. The van der Waals surface area contributed by atoms with Gasteiger partial charge in [-0.15, -0.1) is 0 Å². The zero-order valence-corrected chi connectivity index (χ0v) is 11.9. The first-order chi connectivity index (χ1) is 9.04. The highest BCUT2D eigenvalue weighted by atomic mass is 16.3. The van der Waals surface area contributed by atoms with Gasteiger partial charge in [0.05, 0.1) is 24.5 Å². The fourth-order valence-corrected chi connectivity index (χ4v) is 2.67. The molecule has 1 aliphatic rings. The molecule has 1 saturated heterocycles. The van der Waals surface area contributed by atoms with Crippen LogP contribution in [0.15, 0.2) is 12.4 Å². The summed E-state index contributed by atoms with van der Waals surface area (Å²) in [6.45, 7) is 3.33. The molecular formula is C13H25N5O. The second kappa shape index (κ2) is 6.36. The van der Waals surface area contributed by atoms with E-state index in [2.05, 4.69) is 29.0 Å². The molecule has 3 N–H and O–H groups in total. The van der Waals surface area contributed by atoms with Gasteiger partial charge in [-0.3, -0.25) is 4.68 Å². The molecule has 1 aromatic heterocycles. The van der Waals surface area contributed by atoms with E-state index in [1.165, 1.54) is 12.8 Å². The molecule has 0 bridgehead atoms. The van der Waals surface area contributed by atoms with Crippen LogP contribution in [-0.2, 0) is 6.54 Å². The largest absolute Gasteiger partial charge is 0.396 e. The van der Waals surface area contributed by atoms with Gasteiger partial charge < -0.3 is 20.6 Å². The predicted octanol–water partition coefficient (Wildman–Crippen LogP) is -0.148. The van der Waals surface area contributed by atoms with Crippen molar-refractivity contribution in [2.75, 3.05) is 39.5 Å². The maximum Gasteiger partial charge on any atom is 0.0862 e. The summed E-state index contributed by atoms with van der Waals surface area (Å²) in [5.74, 6) is 0. The first-order valence-electron chi connectivity index (χ1n) is 6.89. The molecule has 0 aliphatic carbocycles. The SMILES string of the molecule is CN(C)C1CCN(CC(O)Cn2cc(N)cn2)CC1. The molecule has 0 aromatic carbocycles. The van der Waals surface area contributed by atoms with Crippen molar-refractivity contribution in [3.8, 4) is 0 Å². The highest BCUT2D eigenvalue weighted by molar-refractivity contribution is 5.30. The van der Waals surface area contributed by atoms with E-state index in [0.717, 1.165) is 13.1 Å². The van der Waals surface area contributed by atoms with Crippen LogP contribution in [0.2, 0.25) is 0 Å². The summed E-state index contributed by atoms with van der Waals surface area (Å²) in [5, 5.41) is 14.2. The van der Waals surface area contributed by atoms with Gasteiger partial charge in [0, 0.05) is 18.8 Å². The number of piperidine rings is 1. The number of nitrogens with zero attached hydrogens (tertiary/aromatic N) is 4. The number of aromatic nitrogens is 2. The van der Waals surface area contributed by atoms with Crippen molar-refractivity contribution < 1.29 is 5.11 Å². The van der Waals surface area contributed by atoms with E-state index >= 15 is 0 Å². The van der Waals surface area contributed by atoms with Crippen LogP contribution in [0, 0.1) is 0 Å². The lowest BCUT2D eigenvalue weighted by Gasteiger charge is -2.36. The quantitative estimate of drug-likeness (QED) is 0.776. The average molecular weight is 267 g/mol. The predicted molar refractivity (Wildman–Crippen MR) is 75.8 cm³/mol. The second-order valence-corrected chi connectivity index (χ2v) is 5.64. The lowest BCUT2D eigenvalue weighted by Crippen LogP contribution is -2.45. The van der Waals surface area contributed by atoms with Gasteiger partial charge in [-0.25, -0.2) is 0 Å². The Kier molecular flexibility index (Phi) is 4.79. The Labute approximate surface area is 114 Å². The number of aliphatic hydroxyl groups excluding tert-OH is 1. The summed E-state index contributed by atoms with van der Waals surface area (Å²) in [4.78, 5) is 4.62. The van der Waals surface area contributed by atoms with Crippen LogP contribution in [0.4, 0.5) is 5.69 Å². The molecule has 19 heavy (non-hydrogen) atoms. The maximum absolute atomic E-state index is 10.1. The molecule has 2 heterocycles. The number of hydrogen-bond donors (Lipinski definition) is 2. The fourth-order valence-electron chi connectivity index (χ4n) is 2.67. The molecule has 0 amide bonds. The topological polar surface area (TPSA) is 70.5 Å². The molecule has 108 valence electrons. The zero-order valence-electron chi connectivity index (χ0n) is 11.9. The third-order valence-corrected chi connectivity index (χ3v) is 3.81. The molecule has 1 unspecified atom stereocenters. The van der Waals surface area contributed by atoms with Crippen LogP contribution in [-0.4, -0.2) is 70.6 Å². The van der Waals surface area contributed by atoms with Crippen molar-refractivity contribution in [3.05, 3.63) is 12.4 Å². The van der Waals surface area contributed by atoms with E-state index in [1.54, 1.807) is 17.1 Å². The number of nitrogens with two attached hydrogens (primary N) is 1. The van der Waals surface area contributed by atoms with Gasteiger partial charge >= 0.3 is 0 Å². The molecule has 2 rings (SSSR count). The Morgan fingerprint density at radius 2 is 2.11 bits per heavy atom. The van der Waals surface area contributed by atoms with Gasteiger partial charge in [0.2, 0.25) is 0 Å². The van der Waals surface area contributed by atoms with E-state index < -0.39 is 6.10 Å². The summed E-state index contributed by atoms with van der Waals surface area (Å²) < 4.78 is 1.70. The van der Waals surface area contributed by atoms with Crippen LogP contribution in [0.5, 0.6) is 0 Å². The first kappa shape index (κ1) is 14.3. The maximum atomic E-state index is 10.1. The van der Waals surface area contributed by atoms with Gasteiger partial charge in [-0.2, -0.15) is 5.10 Å². The second-order valence-electron chi connectivity index (χ2n) is 5.64. The summed E-state index contributed by atoms with van der Waals surface area (Å²) in [6.07, 6.45) is 5.31. The minimum Gasteiger partial charge on any atom is -0.396 e. The number of aliphatic hydroxyl groups is 1. The van der Waals surface area contributed by atoms with Crippen molar-refractivity contribution in [2.24, 2.45) is 0 Å². The summed E-state index contributed by atoms with van der Waals surface area (Å²) in [7, 11) is 4.27. The average Bonchev–Trinajstić information content (AvgIpc) is 2.75. The highest BCUT2D eigenvalue weighted by Gasteiger charge is 2.22.